The van der Waals surface area contributed by atoms with Crippen LogP contribution in [0.25, 0.3) is 0 Å². The van der Waals surface area contributed by atoms with Crippen LogP contribution in [-0.4, -0.2) is 28.7 Å². The van der Waals surface area contributed by atoms with Gasteiger partial charge in [-0.3, -0.25) is 0 Å². The normalized spacial score (nSPS) is 10.7. The molecular formula is C20H22N2O2S3. The summed E-state index contributed by atoms with van der Waals surface area (Å²) in [5, 5.41) is 4.57. The van der Waals surface area contributed by atoms with Gasteiger partial charge in [0.1, 0.15) is 18.1 Å². The van der Waals surface area contributed by atoms with Gasteiger partial charge in [0.15, 0.2) is 8.29 Å². The maximum atomic E-state index is 5.76. The molecule has 1 heterocycles. The van der Waals surface area contributed by atoms with Crippen LogP contribution in [0.2, 0.25) is 0 Å². The molecular weight excluding hydrogens is 396 g/mol. The van der Waals surface area contributed by atoms with Crippen LogP contribution in [0.1, 0.15) is 11.1 Å². The first-order chi connectivity index (χ1) is 13.1. The Kier molecular flexibility index (Phi) is 7.32. The third kappa shape index (κ3) is 6.37. The van der Waals surface area contributed by atoms with Crippen molar-refractivity contribution < 1.29 is 9.47 Å². The molecule has 0 amide bonds. The molecule has 1 aromatic heterocycles. The summed E-state index contributed by atoms with van der Waals surface area (Å²) >= 11 is 8.60. The summed E-state index contributed by atoms with van der Waals surface area (Å²) in [7, 11) is 0. The van der Waals surface area contributed by atoms with Gasteiger partial charge in [-0.2, -0.15) is 5.10 Å². The van der Waals surface area contributed by atoms with E-state index in [9.17, 15) is 0 Å². The van der Waals surface area contributed by atoms with Crippen LogP contribution in [0.15, 0.2) is 52.9 Å². The molecule has 0 bridgehead atoms. The van der Waals surface area contributed by atoms with Gasteiger partial charge in [-0.15, -0.1) is 0 Å². The molecule has 0 saturated carbocycles. The monoisotopic (exact) mass is 418 g/mol. The number of rotatable bonds is 9. The molecule has 3 aromatic rings. The van der Waals surface area contributed by atoms with Crippen molar-refractivity contribution in [3.63, 3.8) is 0 Å². The first-order valence-corrected chi connectivity index (χ1v) is 10.9. The van der Waals surface area contributed by atoms with E-state index in [0.29, 0.717) is 19.8 Å². The maximum Gasteiger partial charge on any atom is 0.180 e. The van der Waals surface area contributed by atoms with Gasteiger partial charge in [-0.05, 0) is 50.3 Å². The fourth-order valence-electron chi connectivity index (χ4n) is 2.29. The summed E-state index contributed by atoms with van der Waals surface area (Å²) in [6.45, 7) is 5.95. The summed E-state index contributed by atoms with van der Waals surface area (Å²) in [6.07, 6.45) is 0. The van der Waals surface area contributed by atoms with E-state index in [1.165, 1.54) is 22.5 Å². The van der Waals surface area contributed by atoms with E-state index >= 15 is 0 Å². The van der Waals surface area contributed by atoms with E-state index in [2.05, 4.69) is 18.9 Å². The molecule has 0 saturated heterocycles. The summed E-state index contributed by atoms with van der Waals surface area (Å²) in [5.74, 6) is 2.59. The topological polar surface area (TPSA) is 36.3 Å². The predicted octanol–water partition coefficient (Wildman–Crippen LogP) is 5.54. The summed E-state index contributed by atoms with van der Waals surface area (Å²) in [4.78, 5) is 0. The van der Waals surface area contributed by atoms with Crippen molar-refractivity contribution in [3.05, 3.63) is 63.6 Å². The average molecular weight is 419 g/mol. The maximum absolute atomic E-state index is 5.76. The molecule has 0 unspecified atom stereocenters. The molecule has 0 aliphatic carbocycles. The molecule has 0 aliphatic heterocycles. The van der Waals surface area contributed by atoms with Gasteiger partial charge < -0.3 is 9.47 Å². The van der Waals surface area contributed by atoms with Crippen molar-refractivity contribution in [2.75, 3.05) is 19.0 Å². The summed E-state index contributed by atoms with van der Waals surface area (Å²) in [6, 6.07) is 16.1. The van der Waals surface area contributed by atoms with Crippen LogP contribution in [-0.2, 0) is 6.54 Å². The number of benzene rings is 2. The lowest BCUT2D eigenvalue weighted by Crippen LogP contribution is -2.09. The molecule has 2 aromatic carbocycles. The Hall–Kier alpha value is -1.83. The number of ether oxygens (including phenoxy) is 2. The lowest BCUT2D eigenvalue weighted by Gasteiger charge is -2.06. The molecule has 142 valence electrons. The zero-order chi connectivity index (χ0) is 19.1. The van der Waals surface area contributed by atoms with Gasteiger partial charge in [-0.25, -0.2) is 4.68 Å². The molecule has 3 rings (SSSR count). The zero-order valence-corrected chi connectivity index (χ0v) is 17.8. The van der Waals surface area contributed by atoms with Crippen LogP contribution >= 0.6 is 35.3 Å². The van der Waals surface area contributed by atoms with Crippen molar-refractivity contribution >= 4 is 35.3 Å². The predicted molar refractivity (Wildman–Crippen MR) is 115 cm³/mol. The van der Waals surface area contributed by atoms with E-state index in [1.54, 1.807) is 11.8 Å². The molecule has 27 heavy (non-hydrogen) atoms. The van der Waals surface area contributed by atoms with Crippen molar-refractivity contribution in [3.8, 4) is 11.5 Å². The first-order valence-electron chi connectivity index (χ1n) is 8.70. The van der Waals surface area contributed by atoms with Gasteiger partial charge in [0, 0.05) is 5.75 Å². The van der Waals surface area contributed by atoms with Crippen molar-refractivity contribution in [1.29, 1.82) is 0 Å². The van der Waals surface area contributed by atoms with E-state index in [0.717, 1.165) is 25.5 Å². The third-order valence-corrected chi connectivity index (χ3v) is 6.18. The lowest BCUT2D eigenvalue weighted by atomic mass is 10.2. The molecule has 0 aliphatic rings. The second-order valence-electron chi connectivity index (χ2n) is 6.03. The quantitative estimate of drug-likeness (QED) is 0.259. The number of hydrogen-bond acceptors (Lipinski definition) is 6. The Labute approximate surface area is 173 Å². The van der Waals surface area contributed by atoms with E-state index in [4.69, 9.17) is 21.7 Å². The average Bonchev–Trinajstić information content (AvgIpc) is 3.02. The second-order valence-corrected chi connectivity index (χ2v) is 8.99. The lowest BCUT2D eigenvalue weighted by molar-refractivity contribution is 0.289. The van der Waals surface area contributed by atoms with Gasteiger partial charge in [0.2, 0.25) is 0 Å². The SMILES string of the molecule is Cc1ccc(OCCSc2nn(CCOc3ccc(C)cc3)c(=S)s2)cc1. The molecule has 0 radical (unpaired) electrons. The Bertz CT molecular complexity index is 902. The molecule has 0 spiro atoms. The van der Waals surface area contributed by atoms with E-state index < -0.39 is 0 Å². The van der Waals surface area contributed by atoms with E-state index in [-0.39, 0.29) is 0 Å². The Morgan fingerprint density at radius 2 is 1.48 bits per heavy atom. The molecule has 0 fully saturated rings. The standard InChI is InChI=1S/C20H22N2O2S3/c1-15-3-7-17(8-4-15)23-12-11-22-20(25)27-19(21-22)26-14-13-24-18-9-5-16(2)6-10-18/h3-10H,11-14H2,1-2H3. The minimum absolute atomic E-state index is 0.543. The van der Waals surface area contributed by atoms with E-state index in [1.807, 2.05) is 53.2 Å². The molecule has 7 heteroatoms. The largest absolute Gasteiger partial charge is 0.493 e. The van der Waals surface area contributed by atoms with Crippen LogP contribution in [0, 0.1) is 17.8 Å². The van der Waals surface area contributed by atoms with Crippen molar-refractivity contribution in [2.45, 2.75) is 24.7 Å². The summed E-state index contributed by atoms with van der Waals surface area (Å²) < 4.78 is 15.1. The number of hydrogen-bond donors (Lipinski definition) is 0. The highest BCUT2D eigenvalue weighted by Crippen LogP contribution is 2.22. The highest BCUT2D eigenvalue weighted by Gasteiger charge is 2.05. The molecule has 0 N–H and O–H groups in total. The third-order valence-electron chi connectivity index (χ3n) is 3.78. The Morgan fingerprint density at radius 3 is 2.07 bits per heavy atom. The van der Waals surface area contributed by atoms with Crippen LogP contribution in [0.5, 0.6) is 11.5 Å². The zero-order valence-electron chi connectivity index (χ0n) is 15.4. The van der Waals surface area contributed by atoms with Gasteiger partial charge in [0.25, 0.3) is 0 Å². The minimum atomic E-state index is 0.543. The van der Waals surface area contributed by atoms with Gasteiger partial charge >= 0.3 is 0 Å². The number of aryl methyl sites for hydroxylation is 2. The first kappa shape index (κ1) is 19.9. The number of nitrogens with zero attached hydrogens (tertiary/aromatic N) is 2. The summed E-state index contributed by atoms with van der Waals surface area (Å²) in [5.41, 5.74) is 2.45. The fourth-order valence-corrected chi connectivity index (χ4v) is 4.57. The van der Waals surface area contributed by atoms with Crippen LogP contribution in [0.3, 0.4) is 0 Å². The Balaban J connectivity index is 1.41. The molecule has 4 nitrogen and oxygen atoms in total. The number of aromatic nitrogens is 2. The van der Waals surface area contributed by atoms with Gasteiger partial charge in [-0.1, -0.05) is 58.5 Å². The second kappa shape index (κ2) is 9.92. The van der Waals surface area contributed by atoms with Crippen molar-refractivity contribution in [2.24, 2.45) is 0 Å². The van der Waals surface area contributed by atoms with Crippen LogP contribution < -0.4 is 9.47 Å². The van der Waals surface area contributed by atoms with Crippen LogP contribution in [0.4, 0.5) is 0 Å². The highest BCUT2D eigenvalue weighted by atomic mass is 32.2. The van der Waals surface area contributed by atoms with Crippen molar-refractivity contribution in [1.82, 2.24) is 9.78 Å². The van der Waals surface area contributed by atoms with Gasteiger partial charge in [0.05, 0.1) is 13.2 Å². The minimum Gasteiger partial charge on any atom is -0.493 e. The number of thioether (sulfide) groups is 1. The Morgan fingerprint density at radius 1 is 0.926 bits per heavy atom. The smallest absolute Gasteiger partial charge is 0.180 e. The highest BCUT2D eigenvalue weighted by molar-refractivity contribution is 8.01. The fraction of sp³-hybridized carbons (Fsp3) is 0.300. The molecule has 0 atom stereocenters.